The minimum atomic E-state index is -1.86. The largest absolute Gasteiger partial charge is 0.488 e. The summed E-state index contributed by atoms with van der Waals surface area (Å²) in [5.41, 5.74) is 6.58. The molecule has 0 aliphatic heterocycles. The molecule has 1 aromatic carbocycles. The van der Waals surface area contributed by atoms with E-state index in [2.05, 4.69) is 5.11 Å². The monoisotopic (exact) mass is 390 g/mol. The van der Waals surface area contributed by atoms with Crippen molar-refractivity contribution in [1.82, 2.24) is 0 Å². The smallest absolute Gasteiger partial charge is 0.480 e. The third kappa shape index (κ3) is 9.04. The lowest BCUT2D eigenvalue weighted by atomic mass is 9.80. The minimum Gasteiger partial charge on any atom is -0.480 e. The molecule has 0 unspecified atom stereocenters. The van der Waals surface area contributed by atoms with Crippen molar-refractivity contribution in [2.75, 3.05) is 13.2 Å². The molecular formula is C15H24BNO10. The van der Waals surface area contributed by atoms with Gasteiger partial charge in [0.2, 0.25) is 0 Å². The quantitative estimate of drug-likeness (QED) is 0.181. The van der Waals surface area contributed by atoms with Crippen LogP contribution in [0.4, 0.5) is 0 Å². The zero-order valence-electron chi connectivity index (χ0n) is 15.3. The first kappa shape index (κ1) is 23.1. The number of hydrogen-bond donors (Lipinski definition) is 9. The Kier molecular flexibility index (Phi) is 10.7. The molecule has 152 valence electrons. The van der Waals surface area contributed by atoms with Gasteiger partial charge in [0, 0.05) is 0 Å². The van der Waals surface area contributed by atoms with Crippen LogP contribution in [0, 0.1) is 0 Å². The fourth-order valence-electron chi connectivity index (χ4n) is 1.77. The highest BCUT2D eigenvalue weighted by atomic mass is 16.4. The number of rotatable bonds is 9. The van der Waals surface area contributed by atoms with Gasteiger partial charge in [0.1, 0.15) is 31.0 Å². The maximum Gasteiger partial charge on any atom is 0.488 e. The van der Waals surface area contributed by atoms with Crippen LogP contribution >= 0.6 is 0 Å². The van der Waals surface area contributed by atoms with E-state index in [1.54, 1.807) is 12.1 Å². The maximum atomic E-state index is 10.9. The molecule has 1 aromatic rings. The summed E-state index contributed by atoms with van der Waals surface area (Å²) in [6.45, 7) is -1.69. The topological polar surface area (TPSA) is 222 Å². The van der Waals surface area contributed by atoms with E-state index in [4.69, 9.17) is 42.7 Å². The summed E-state index contributed by atoms with van der Waals surface area (Å²) in [5, 5.41) is 64.5. The average Bonchev–Trinajstić information content (AvgIpc) is 2.71. The molecule has 0 saturated heterocycles. The zero-order valence-corrected chi connectivity index (χ0v) is 14.3. The average molecular weight is 390 g/mol. The van der Waals surface area contributed by atoms with Gasteiger partial charge in [0.15, 0.2) is 5.78 Å². The minimum absolute atomic E-state index is 0.236. The standard InChI is InChI=1S/C9H12BNO4.C6H12O6/c11-8(9(12)13)5-6-1-3-7(4-2-6)10(14)15;7-1-3(9)5(11)6(12)4(10)2-8/h1-4,8,14-15H,5,11H2,(H,12,13);3,5-9,11-12H,1-2H2/t8-;3-,5+,6+/m01/s1/i/hD. The molecule has 10 N–H and O–H groups in total. The Morgan fingerprint density at radius 2 is 1.67 bits per heavy atom. The van der Waals surface area contributed by atoms with E-state index < -0.39 is 56.4 Å². The van der Waals surface area contributed by atoms with Gasteiger partial charge in [-0.25, -0.2) is 0 Å². The van der Waals surface area contributed by atoms with Crippen molar-refractivity contribution >= 4 is 24.3 Å². The number of carboxylic acid groups (broad SMARTS) is 1. The van der Waals surface area contributed by atoms with E-state index >= 15 is 0 Å². The lowest BCUT2D eigenvalue weighted by Crippen LogP contribution is -2.44. The molecule has 0 saturated carbocycles. The first-order chi connectivity index (χ1) is 13.1. The second-order valence-corrected chi connectivity index (χ2v) is 5.55. The van der Waals surface area contributed by atoms with Crippen molar-refractivity contribution in [3.63, 3.8) is 0 Å². The van der Waals surface area contributed by atoms with Crippen LogP contribution in [0.25, 0.3) is 1.43 Å². The van der Waals surface area contributed by atoms with Gasteiger partial charge in [-0.1, -0.05) is 24.3 Å². The number of aliphatic carboxylic acids is 1. The van der Waals surface area contributed by atoms with Gasteiger partial charge < -0.3 is 46.4 Å². The van der Waals surface area contributed by atoms with Crippen LogP contribution < -0.4 is 11.2 Å². The molecule has 4 atom stereocenters. The lowest BCUT2D eigenvalue weighted by molar-refractivity contribution is -0.142. The Hall–Kier alpha value is -1.90. The number of benzene rings is 1. The normalized spacial score (nSPS) is 15.3. The van der Waals surface area contributed by atoms with E-state index in [1.165, 1.54) is 12.1 Å². The highest BCUT2D eigenvalue weighted by molar-refractivity contribution is 6.58. The van der Waals surface area contributed by atoms with E-state index in [0.29, 0.717) is 5.46 Å². The van der Waals surface area contributed by atoms with Gasteiger partial charge in [-0.05, 0) is 17.4 Å². The van der Waals surface area contributed by atoms with Gasteiger partial charge in [-0.3, -0.25) is 9.59 Å². The molecule has 0 amide bonds. The summed E-state index contributed by atoms with van der Waals surface area (Å²) >= 11 is 0. The van der Waals surface area contributed by atoms with Gasteiger partial charge in [0.05, 0.1) is 6.61 Å². The summed E-state index contributed by atoms with van der Waals surface area (Å²) in [5.74, 6) is -1.80. The number of Topliss-reactive ketones (excluding diaryl/α,β-unsaturated/α-hetero) is 1. The second-order valence-electron chi connectivity index (χ2n) is 5.55. The molecular weight excluding hydrogens is 365 g/mol. The van der Waals surface area contributed by atoms with Gasteiger partial charge >= 0.3 is 13.1 Å². The molecule has 0 aliphatic carbocycles. The number of aliphatic hydroxyl groups excluding tert-OH is 5. The molecule has 0 heterocycles. The number of aliphatic hydroxyl groups is 5. The SMILES string of the molecule is O=C(CO)[C@H](O)[C@@H](O)[C@H](O)CO.[2H]OC(=O)[C@@H](N)Cc1ccc(B(O)O)cc1. The summed E-state index contributed by atoms with van der Waals surface area (Å²) in [6.07, 6.45) is -4.98. The summed E-state index contributed by atoms with van der Waals surface area (Å²) in [6, 6.07) is 5.43. The maximum absolute atomic E-state index is 10.9. The van der Waals surface area contributed by atoms with E-state index in [0.717, 1.165) is 5.56 Å². The Balaban J connectivity index is 0.000000546. The van der Waals surface area contributed by atoms with Gasteiger partial charge in [-0.15, -0.1) is 0 Å². The number of nitrogens with two attached hydrogens (primary N) is 1. The first-order valence-electron chi connectivity index (χ1n) is 8.16. The fraction of sp³-hybridized carbons (Fsp3) is 0.467. The van der Waals surface area contributed by atoms with E-state index in [-0.39, 0.29) is 6.42 Å². The van der Waals surface area contributed by atoms with E-state index in [1.807, 2.05) is 0 Å². The van der Waals surface area contributed by atoms with Crippen LogP contribution in [0.3, 0.4) is 0 Å². The molecule has 12 heteroatoms. The van der Waals surface area contributed by atoms with Crippen molar-refractivity contribution in [2.45, 2.75) is 30.8 Å². The molecule has 27 heavy (non-hydrogen) atoms. The highest BCUT2D eigenvalue weighted by Crippen LogP contribution is 2.01. The molecule has 0 spiro atoms. The molecule has 0 bridgehead atoms. The predicted octanol–water partition coefficient (Wildman–Crippen LogP) is -5.06. The Labute approximate surface area is 156 Å². The lowest BCUT2D eigenvalue weighted by Gasteiger charge is -2.19. The highest BCUT2D eigenvalue weighted by Gasteiger charge is 2.28. The van der Waals surface area contributed by atoms with Crippen LogP contribution in [-0.2, 0) is 16.0 Å². The molecule has 11 nitrogen and oxygen atoms in total. The van der Waals surface area contributed by atoms with Crippen LogP contribution in [-0.4, -0.2) is 97.1 Å². The molecule has 1 rings (SSSR count). The molecule has 0 fully saturated rings. The fourth-order valence-corrected chi connectivity index (χ4v) is 1.77. The van der Waals surface area contributed by atoms with E-state index in [9.17, 15) is 9.59 Å². The van der Waals surface area contributed by atoms with Crippen LogP contribution in [0.5, 0.6) is 0 Å². The Morgan fingerprint density at radius 1 is 1.11 bits per heavy atom. The van der Waals surface area contributed by atoms with Crippen LogP contribution in [0.15, 0.2) is 24.3 Å². The second kappa shape index (κ2) is 12.5. The summed E-state index contributed by atoms with van der Waals surface area (Å²) in [4.78, 5) is 21.4. The van der Waals surface area contributed by atoms with Gasteiger partial charge in [-0.2, -0.15) is 0 Å². The summed E-state index contributed by atoms with van der Waals surface area (Å²) in [7, 11) is -1.51. The van der Waals surface area contributed by atoms with Gasteiger partial charge in [0.25, 0.3) is 1.43 Å². The van der Waals surface area contributed by atoms with Crippen LogP contribution in [0.1, 0.15) is 5.56 Å². The van der Waals surface area contributed by atoms with Crippen molar-refractivity contribution < 1.29 is 50.3 Å². The zero-order chi connectivity index (χ0) is 21.9. The van der Waals surface area contributed by atoms with Crippen LogP contribution in [0.2, 0.25) is 0 Å². The summed E-state index contributed by atoms with van der Waals surface area (Å²) < 4.78 is 6.40. The number of hydrogen-bond acceptors (Lipinski definition) is 11. The molecule has 0 aliphatic rings. The third-order valence-electron chi connectivity index (χ3n) is 3.43. The number of carbonyl (C=O) groups excluding carboxylic acids is 1. The molecule has 0 radical (unpaired) electrons. The number of carboxylic acids is 1. The van der Waals surface area contributed by atoms with Crippen molar-refractivity contribution in [1.29, 1.82) is 1.43 Å². The third-order valence-corrected chi connectivity index (χ3v) is 3.43. The number of ketones is 1. The van der Waals surface area contributed by atoms with Crippen molar-refractivity contribution in [3.05, 3.63) is 29.8 Å². The Bertz CT molecular complexity index is 603. The number of carbonyl (C=O) groups is 2. The van der Waals surface area contributed by atoms with Crippen molar-refractivity contribution in [2.24, 2.45) is 5.73 Å². The predicted molar refractivity (Wildman–Crippen MR) is 92.8 cm³/mol. The first-order valence-corrected chi connectivity index (χ1v) is 7.75. The Morgan fingerprint density at radius 3 is 2.07 bits per heavy atom. The molecule has 0 aromatic heterocycles. The van der Waals surface area contributed by atoms with Crippen molar-refractivity contribution in [3.8, 4) is 0 Å².